The second-order valence-electron chi connectivity index (χ2n) is 5.42. The van der Waals surface area contributed by atoms with Crippen LogP contribution in [0.15, 0.2) is 41.8 Å². The molecule has 0 unspecified atom stereocenters. The van der Waals surface area contributed by atoms with E-state index in [4.69, 9.17) is 4.74 Å². The van der Waals surface area contributed by atoms with Crippen LogP contribution >= 0.6 is 11.3 Å². The van der Waals surface area contributed by atoms with Gasteiger partial charge in [0.15, 0.2) is 5.13 Å². The average molecular weight is 373 g/mol. The number of ether oxygens (including phenoxy) is 1. The van der Waals surface area contributed by atoms with Crippen LogP contribution in [0, 0.1) is 0 Å². The van der Waals surface area contributed by atoms with Gasteiger partial charge in [-0.1, -0.05) is 18.2 Å². The maximum atomic E-state index is 12.0. The van der Waals surface area contributed by atoms with Crippen LogP contribution in [0.4, 0.5) is 10.8 Å². The van der Waals surface area contributed by atoms with E-state index in [1.165, 1.54) is 24.3 Å². The molecule has 0 fully saturated rings. The first-order chi connectivity index (χ1) is 12.6. The molecule has 0 bridgehead atoms. The third-order valence-electron chi connectivity index (χ3n) is 3.40. The number of thiazole rings is 1. The number of para-hydroxylation sites is 1. The Kier molecular flexibility index (Phi) is 7.98. The Morgan fingerprint density at radius 2 is 2.08 bits per heavy atom. The molecule has 0 saturated heterocycles. The van der Waals surface area contributed by atoms with E-state index >= 15 is 0 Å². The fourth-order valence-corrected chi connectivity index (χ4v) is 3.06. The molecule has 0 radical (unpaired) electrons. The van der Waals surface area contributed by atoms with Crippen LogP contribution in [0.5, 0.6) is 0 Å². The molecule has 0 aliphatic heterocycles. The van der Waals surface area contributed by atoms with Crippen molar-refractivity contribution >= 4 is 40.0 Å². The highest BCUT2D eigenvalue weighted by Crippen LogP contribution is 2.28. The number of benzene rings is 1. The molecule has 1 aromatic heterocycles. The first kappa shape index (κ1) is 19.8. The van der Waals surface area contributed by atoms with Crippen molar-refractivity contribution in [2.75, 3.05) is 24.7 Å². The van der Waals surface area contributed by atoms with Crippen molar-refractivity contribution in [2.45, 2.75) is 20.3 Å². The Bertz CT molecular complexity index is 743. The van der Waals surface area contributed by atoms with Crippen molar-refractivity contribution in [3.63, 3.8) is 0 Å². The Hall–Kier alpha value is -2.51. The minimum atomic E-state index is -0.178. The van der Waals surface area contributed by atoms with E-state index in [9.17, 15) is 9.59 Å². The highest BCUT2D eigenvalue weighted by Gasteiger charge is 2.17. The maximum Gasteiger partial charge on any atom is 0.244 e. The van der Waals surface area contributed by atoms with Gasteiger partial charge in [-0.15, -0.1) is 11.3 Å². The molecule has 0 aliphatic rings. The minimum absolute atomic E-state index is 0.117. The van der Waals surface area contributed by atoms with Crippen LogP contribution in [0.25, 0.3) is 6.08 Å². The smallest absolute Gasteiger partial charge is 0.244 e. The van der Waals surface area contributed by atoms with Crippen molar-refractivity contribution in [2.24, 2.45) is 0 Å². The lowest BCUT2D eigenvalue weighted by atomic mass is 10.3. The van der Waals surface area contributed by atoms with Crippen molar-refractivity contribution in [1.82, 2.24) is 10.3 Å². The molecule has 2 amide bonds. The topological polar surface area (TPSA) is 71.5 Å². The summed E-state index contributed by atoms with van der Waals surface area (Å²) in [6.45, 7) is 5.32. The monoisotopic (exact) mass is 373 g/mol. The SMILES string of the molecule is CCOCCCNC(=O)/C=C/c1csc(N(C(C)=O)c2ccccc2)n1. The Morgan fingerprint density at radius 1 is 1.31 bits per heavy atom. The summed E-state index contributed by atoms with van der Waals surface area (Å²) in [5, 5.41) is 5.17. The van der Waals surface area contributed by atoms with Gasteiger partial charge in [0.2, 0.25) is 11.8 Å². The number of aromatic nitrogens is 1. The first-order valence-corrected chi connectivity index (χ1v) is 9.34. The molecule has 1 N–H and O–H groups in total. The van der Waals surface area contributed by atoms with Gasteiger partial charge in [0.25, 0.3) is 0 Å². The first-order valence-electron chi connectivity index (χ1n) is 8.46. The molecule has 1 heterocycles. The van der Waals surface area contributed by atoms with Crippen molar-refractivity contribution < 1.29 is 14.3 Å². The van der Waals surface area contributed by atoms with Gasteiger partial charge in [0.05, 0.1) is 11.4 Å². The summed E-state index contributed by atoms with van der Waals surface area (Å²) in [6.07, 6.45) is 3.86. The predicted molar refractivity (Wildman–Crippen MR) is 105 cm³/mol. The molecule has 0 spiro atoms. The Morgan fingerprint density at radius 3 is 2.77 bits per heavy atom. The third kappa shape index (κ3) is 6.09. The number of hydrogen-bond donors (Lipinski definition) is 1. The molecule has 0 saturated carbocycles. The van der Waals surface area contributed by atoms with Crippen LogP contribution in [0.1, 0.15) is 26.0 Å². The fourth-order valence-electron chi connectivity index (χ4n) is 2.21. The van der Waals surface area contributed by atoms with E-state index in [0.717, 1.165) is 12.1 Å². The number of rotatable bonds is 9. The minimum Gasteiger partial charge on any atom is -0.382 e. The van der Waals surface area contributed by atoms with Gasteiger partial charge in [0.1, 0.15) is 0 Å². The Balaban J connectivity index is 1.95. The van der Waals surface area contributed by atoms with Crippen LogP contribution in [0.3, 0.4) is 0 Å². The summed E-state index contributed by atoms with van der Waals surface area (Å²) in [5.74, 6) is -0.296. The third-order valence-corrected chi connectivity index (χ3v) is 4.25. The summed E-state index contributed by atoms with van der Waals surface area (Å²) in [6, 6.07) is 9.35. The lowest BCUT2D eigenvalue weighted by Crippen LogP contribution is -2.23. The van der Waals surface area contributed by atoms with Crippen LogP contribution in [-0.4, -0.2) is 36.6 Å². The normalized spacial score (nSPS) is 10.8. The number of amides is 2. The van der Waals surface area contributed by atoms with Gasteiger partial charge < -0.3 is 10.1 Å². The molecular weight excluding hydrogens is 350 g/mol. The molecular formula is C19H23N3O3S. The van der Waals surface area contributed by atoms with Gasteiger partial charge in [-0.05, 0) is 31.6 Å². The zero-order valence-electron chi connectivity index (χ0n) is 15.0. The van der Waals surface area contributed by atoms with E-state index in [-0.39, 0.29) is 11.8 Å². The molecule has 138 valence electrons. The molecule has 2 aromatic rings. The lowest BCUT2D eigenvalue weighted by molar-refractivity contribution is -0.117. The quantitative estimate of drug-likeness (QED) is 0.540. The summed E-state index contributed by atoms with van der Waals surface area (Å²) < 4.78 is 5.22. The maximum absolute atomic E-state index is 12.0. The highest BCUT2D eigenvalue weighted by atomic mass is 32.1. The summed E-state index contributed by atoms with van der Waals surface area (Å²) in [4.78, 5) is 29.8. The van der Waals surface area contributed by atoms with E-state index in [1.807, 2.05) is 42.6 Å². The van der Waals surface area contributed by atoms with E-state index in [1.54, 1.807) is 11.0 Å². The number of carbonyl (C=O) groups is 2. The predicted octanol–water partition coefficient (Wildman–Crippen LogP) is 3.38. The zero-order valence-corrected chi connectivity index (χ0v) is 15.8. The molecule has 6 nitrogen and oxygen atoms in total. The van der Waals surface area contributed by atoms with Crippen LogP contribution < -0.4 is 10.2 Å². The molecule has 0 aliphatic carbocycles. The van der Waals surface area contributed by atoms with Gasteiger partial charge in [-0.2, -0.15) is 0 Å². The van der Waals surface area contributed by atoms with Crippen molar-refractivity contribution in [3.05, 3.63) is 47.5 Å². The van der Waals surface area contributed by atoms with Crippen molar-refractivity contribution in [1.29, 1.82) is 0 Å². The van der Waals surface area contributed by atoms with E-state index in [2.05, 4.69) is 10.3 Å². The number of nitrogens with zero attached hydrogens (tertiary/aromatic N) is 2. The van der Waals surface area contributed by atoms with Gasteiger partial charge >= 0.3 is 0 Å². The van der Waals surface area contributed by atoms with Gasteiger partial charge in [-0.25, -0.2) is 4.98 Å². The summed E-state index contributed by atoms with van der Waals surface area (Å²) in [5.41, 5.74) is 1.40. The van der Waals surface area contributed by atoms with E-state index < -0.39 is 0 Å². The molecule has 1 aromatic carbocycles. The number of hydrogen-bond acceptors (Lipinski definition) is 5. The van der Waals surface area contributed by atoms with Gasteiger partial charge in [-0.3, -0.25) is 14.5 Å². The van der Waals surface area contributed by atoms with Crippen molar-refractivity contribution in [3.8, 4) is 0 Å². The summed E-state index contributed by atoms with van der Waals surface area (Å²) in [7, 11) is 0. The van der Waals surface area contributed by atoms with E-state index in [0.29, 0.717) is 30.6 Å². The lowest BCUT2D eigenvalue weighted by Gasteiger charge is -2.17. The standard InChI is InChI=1S/C19H23N3O3S/c1-3-25-13-7-12-20-18(24)11-10-16-14-26-19(21-16)22(15(2)23)17-8-5-4-6-9-17/h4-6,8-11,14H,3,7,12-13H2,1-2H3,(H,20,24)/b11-10+. The fraction of sp³-hybridized carbons (Fsp3) is 0.316. The number of nitrogens with one attached hydrogen (secondary N) is 1. The van der Waals surface area contributed by atoms with Crippen LogP contribution in [-0.2, 0) is 14.3 Å². The molecule has 26 heavy (non-hydrogen) atoms. The average Bonchev–Trinajstić information content (AvgIpc) is 3.09. The second-order valence-corrected chi connectivity index (χ2v) is 6.26. The largest absolute Gasteiger partial charge is 0.382 e. The molecule has 2 rings (SSSR count). The second kappa shape index (κ2) is 10.5. The Labute approximate surface area is 157 Å². The number of carbonyl (C=O) groups excluding carboxylic acids is 2. The van der Waals surface area contributed by atoms with Gasteiger partial charge in [0, 0.05) is 38.1 Å². The highest BCUT2D eigenvalue weighted by molar-refractivity contribution is 7.14. The molecule has 0 atom stereocenters. The van der Waals surface area contributed by atoms with Crippen LogP contribution in [0.2, 0.25) is 0 Å². The zero-order chi connectivity index (χ0) is 18.8. The molecule has 7 heteroatoms. The number of anilines is 2. The summed E-state index contributed by atoms with van der Waals surface area (Å²) >= 11 is 1.35.